The third-order valence-electron chi connectivity index (χ3n) is 3.34. The molecule has 1 fully saturated rings. The molecule has 0 bridgehead atoms. The highest BCUT2D eigenvalue weighted by molar-refractivity contribution is 5.78. The summed E-state index contributed by atoms with van der Waals surface area (Å²) in [7, 11) is 3.46. The maximum absolute atomic E-state index is 11.6. The molecule has 2 atom stereocenters. The Morgan fingerprint density at radius 3 is 2.67 bits per heavy atom. The lowest BCUT2D eigenvalue weighted by Crippen LogP contribution is -2.23. The van der Waals surface area contributed by atoms with E-state index >= 15 is 0 Å². The van der Waals surface area contributed by atoms with Crippen molar-refractivity contribution in [2.24, 2.45) is 5.92 Å². The van der Waals surface area contributed by atoms with Crippen molar-refractivity contribution in [3.63, 3.8) is 0 Å². The van der Waals surface area contributed by atoms with E-state index in [0.717, 1.165) is 11.1 Å². The van der Waals surface area contributed by atoms with Crippen LogP contribution in [0.25, 0.3) is 0 Å². The molecule has 0 aromatic heterocycles. The molecule has 1 saturated carbocycles. The van der Waals surface area contributed by atoms with Gasteiger partial charge in [0.15, 0.2) is 0 Å². The first-order chi connectivity index (χ1) is 8.49. The molecule has 1 amide bonds. The van der Waals surface area contributed by atoms with Crippen LogP contribution >= 0.6 is 0 Å². The molecule has 1 aromatic rings. The molecule has 4 heteroatoms. The van der Waals surface area contributed by atoms with Crippen LogP contribution in [-0.2, 0) is 16.0 Å². The number of hydrogen-bond donors (Lipinski definition) is 1. The summed E-state index contributed by atoms with van der Waals surface area (Å²) >= 11 is 0. The van der Waals surface area contributed by atoms with Crippen molar-refractivity contribution < 1.29 is 14.7 Å². The summed E-state index contributed by atoms with van der Waals surface area (Å²) < 4.78 is 0. The van der Waals surface area contributed by atoms with Gasteiger partial charge in [-0.3, -0.25) is 9.59 Å². The number of likely N-dealkylation sites (N-methyl/N-ethyl adjacent to an activating group) is 1. The Morgan fingerprint density at radius 1 is 1.39 bits per heavy atom. The molecular formula is C14H17NO3. The lowest BCUT2D eigenvalue weighted by Gasteiger charge is -2.10. The smallest absolute Gasteiger partial charge is 0.307 e. The number of carboxylic acid groups (broad SMARTS) is 1. The van der Waals surface area contributed by atoms with E-state index in [4.69, 9.17) is 5.11 Å². The number of amides is 1. The van der Waals surface area contributed by atoms with E-state index in [1.54, 1.807) is 19.0 Å². The van der Waals surface area contributed by atoms with Gasteiger partial charge in [-0.15, -0.1) is 0 Å². The standard InChI is InChI=1S/C14H17NO3/c1-15(2)13(16)7-9-4-3-5-10(6-9)11-8-12(11)14(17)18/h3-6,11-12H,7-8H2,1-2H3,(H,17,18). The maximum Gasteiger partial charge on any atom is 0.307 e. The van der Waals surface area contributed by atoms with Gasteiger partial charge in [0.25, 0.3) is 0 Å². The van der Waals surface area contributed by atoms with Gasteiger partial charge >= 0.3 is 5.97 Å². The number of rotatable bonds is 4. The van der Waals surface area contributed by atoms with Crippen LogP contribution in [0.2, 0.25) is 0 Å². The van der Waals surface area contributed by atoms with Crippen LogP contribution in [0.3, 0.4) is 0 Å². The highest BCUT2D eigenvalue weighted by Crippen LogP contribution is 2.47. The highest BCUT2D eigenvalue weighted by Gasteiger charge is 2.44. The molecule has 1 aromatic carbocycles. The Morgan fingerprint density at radius 2 is 2.11 bits per heavy atom. The van der Waals surface area contributed by atoms with E-state index in [2.05, 4.69) is 0 Å². The molecule has 2 unspecified atom stereocenters. The summed E-state index contributed by atoms with van der Waals surface area (Å²) in [5.74, 6) is -0.797. The van der Waals surface area contributed by atoms with Crippen LogP contribution in [0.4, 0.5) is 0 Å². The fourth-order valence-corrected chi connectivity index (χ4v) is 2.10. The average Bonchev–Trinajstić information content (AvgIpc) is 3.09. The maximum atomic E-state index is 11.6. The number of nitrogens with zero attached hydrogens (tertiary/aromatic N) is 1. The molecule has 0 spiro atoms. The average molecular weight is 247 g/mol. The third kappa shape index (κ3) is 2.70. The van der Waals surface area contributed by atoms with Crippen molar-refractivity contribution in [2.45, 2.75) is 18.8 Å². The summed E-state index contributed by atoms with van der Waals surface area (Å²) in [6.07, 6.45) is 1.08. The van der Waals surface area contributed by atoms with Gasteiger partial charge in [-0.1, -0.05) is 24.3 Å². The van der Waals surface area contributed by atoms with Gasteiger partial charge in [-0.25, -0.2) is 0 Å². The minimum Gasteiger partial charge on any atom is -0.481 e. The Hall–Kier alpha value is -1.84. The molecule has 1 aliphatic carbocycles. The Labute approximate surface area is 106 Å². The molecule has 96 valence electrons. The molecule has 1 N–H and O–H groups in total. The van der Waals surface area contributed by atoms with Gasteiger partial charge in [0, 0.05) is 14.1 Å². The third-order valence-corrected chi connectivity index (χ3v) is 3.34. The summed E-state index contributed by atoms with van der Waals surface area (Å²) in [5.41, 5.74) is 1.98. The van der Waals surface area contributed by atoms with Gasteiger partial charge < -0.3 is 10.0 Å². The predicted octanol–water partition coefficient (Wildman–Crippen LogP) is 1.51. The summed E-state index contributed by atoms with van der Waals surface area (Å²) in [4.78, 5) is 24.0. The first-order valence-corrected chi connectivity index (χ1v) is 6.01. The van der Waals surface area contributed by atoms with E-state index in [-0.39, 0.29) is 17.7 Å². The molecule has 0 aliphatic heterocycles. The largest absolute Gasteiger partial charge is 0.481 e. The Bertz CT molecular complexity index is 482. The Kier molecular flexibility index (Phi) is 3.36. The second kappa shape index (κ2) is 4.80. The quantitative estimate of drug-likeness (QED) is 0.877. The fraction of sp³-hybridized carbons (Fsp3) is 0.429. The van der Waals surface area contributed by atoms with Gasteiger partial charge in [-0.2, -0.15) is 0 Å². The Balaban J connectivity index is 2.07. The lowest BCUT2D eigenvalue weighted by molar-refractivity contribution is -0.138. The van der Waals surface area contributed by atoms with E-state index in [1.807, 2.05) is 24.3 Å². The monoisotopic (exact) mass is 247 g/mol. The summed E-state index contributed by atoms with van der Waals surface area (Å²) in [6, 6.07) is 7.69. The second-order valence-corrected chi connectivity index (χ2v) is 5.00. The highest BCUT2D eigenvalue weighted by atomic mass is 16.4. The molecule has 0 saturated heterocycles. The summed E-state index contributed by atoms with van der Waals surface area (Å²) in [6.45, 7) is 0. The van der Waals surface area contributed by atoms with E-state index in [0.29, 0.717) is 12.8 Å². The zero-order chi connectivity index (χ0) is 13.3. The molecule has 0 radical (unpaired) electrons. The molecular weight excluding hydrogens is 230 g/mol. The molecule has 18 heavy (non-hydrogen) atoms. The van der Waals surface area contributed by atoms with Crippen molar-refractivity contribution in [2.75, 3.05) is 14.1 Å². The number of benzene rings is 1. The zero-order valence-electron chi connectivity index (χ0n) is 10.6. The molecule has 2 rings (SSSR count). The number of carboxylic acids is 1. The molecule has 0 heterocycles. The van der Waals surface area contributed by atoms with E-state index < -0.39 is 5.97 Å². The SMILES string of the molecule is CN(C)C(=O)Cc1cccc(C2CC2C(=O)O)c1. The van der Waals surface area contributed by atoms with Crippen molar-refractivity contribution in [1.29, 1.82) is 0 Å². The summed E-state index contributed by atoms with van der Waals surface area (Å²) in [5, 5.41) is 8.91. The lowest BCUT2D eigenvalue weighted by atomic mass is 10.0. The van der Waals surface area contributed by atoms with Gasteiger partial charge in [0.1, 0.15) is 0 Å². The van der Waals surface area contributed by atoms with Crippen LogP contribution in [0.5, 0.6) is 0 Å². The topological polar surface area (TPSA) is 57.6 Å². The van der Waals surface area contributed by atoms with Crippen LogP contribution in [0.1, 0.15) is 23.5 Å². The van der Waals surface area contributed by atoms with Gasteiger partial charge in [0.05, 0.1) is 12.3 Å². The van der Waals surface area contributed by atoms with Crippen molar-refractivity contribution >= 4 is 11.9 Å². The van der Waals surface area contributed by atoms with Crippen molar-refractivity contribution in [3.8, 4) is 0 Å². The van der Waals surface area contributed by atoms with Crippen LogP contribution in [0.15, 0.2) is 24.3 Å². The minimum atomic E-state index is -0.727. The van der Waals surface area contributed by atoms with Gasteiger partial charge in [0.2, 0.25) is 5.91 Å². The van der Waals surface area contributed by atoms with Crippen LogP contribution < -0.4 is 0 Å². The van der Waals surface area contributed by atoms with Crippen molar-refractivity contribution in [1.82, 2.24) is 4.90 Å². The number of aliphatic carboxylic acids is 1. The van der Waals surface area contributed by atoms with E-state index in [9.17, 15) is 9.59 Å². The zero-order valence-corrected chi connectivity index (χ0v) is 10.6. The second-order valence-electron chi connectivity index (χ2n) is 5.00. The van der Waals surface area contributed by atoms with Crippen molar-refractivity contribution in [3.05, 3.63) is 35.4 Å². The van der Waals surface area contributed by atoms with Gasteiger partial charge in [-0.05, 0) is 23.5 Å². The first kappa shape index (κ1) is 12.6. The minimum absolute atomic E-state index is 0.0535. The number of hydrogen-bond acceptors (Lipinski definition) is 2. The van der Waals surface area contributed by atoms with Crippen LogP contribution in [0, 0.1) is 5.92 Å². The molecule has 4 nitrogen and oxygen atoms in total. The first-order valence-electron chi connectivity index (χ1n) is 6.01. The number of carbonyl (C=O) groups is 2. The fourth-order valence-electron chi connectivity index (χ4n) is 2.10. The van der Waals surface area contributed by atoms with Crippen LogP contribution in [-0.4, -0.2) is 36.0 Å². The van der Waals surface area contributed by atoms with E-state index in [1.165, 1.54) is 0 Å². The normalized spacial score (nSPS) is 21.4. The predicted molar refractivity (Wildman–Crippen MR) is 67.3 cm³/mol. The number of carbonyl (C=O) groups excluding carboxylic acids is 1. The molecule has 1 aliphatic rings.